The average molecular weight is 398 g/mol. The number of nitrogens with one attached hydrogen (secondary N) is 2. The molecule has 6 heteroatoms. The summed E-state index contributed by atoms with van der Waals surface area (Å²) in [4.78, 5) is 20.5. The highest BCUT2D eigenvalue weighted by molar-refractivity contribution is 7.98. The lowest BCUT2D eigenvalue weighted by Gasteiger charge is -2.16. The second-order valence-corrected chi connectivity index (χ2v) is 7.79. The SMILES string of the molecule is CSCCC(NC(=O)CCCOc1cccc(C)c1)c1nc2ccccc2[nH]1. The number of carbonyl (C=O) groups is 1. The van der Waals surface area contributed by atoms with Gasteiger partial charge in [-0.25, -0.2) is 4.98 Å². The van der Waals surface area contributed by atoms with E-state index in [2.05, 4.69) is 21.5 Å². The van der Waals surface area contributed by atoms with Crippen LogP contribution in [0.2, 0.25) is 0 Å². The van der Waals surface area contributed by atoms with Gasteiger partial charge in [-0.3, -0.25) is 4.79 Å². The smallest absolute Gasteiger partial charge is 0.220 e. The minimum Gasteiger partial charge on any atom is -0.494 e. The van der Waals surface area contributed by atoms with Gasteiger partial charge in [0.05, 0.1) is 23.7 Å². The number of nitrogens with zero attached hydrogens (tertiary/aromatic N) is 1. The van der Waals surface area contributed by atoms with Gasteiger partial charge in [0.15, 0.2) is 0 Å². The van der Waals surface area contributed by atoms with Crippen LogP contribution in [-0.2, 0) is 4.79 Å². The molecule has 2 N–H and O–H groups in total. The van der Waals surface area contributed by atoms with E-state index in [1.807, 2.05) is 55.5 Å². The number of H-pyrrole nitrogens is 1. The zero-order valence-electron chi connectivity index (χ0n) is 16.4. The van der Waals surface area contributed by atoms with E-state index in [-0.39, 0.29) is 11.9 Å². The van der Waals surface area contributed by atoms with Crippen LogP contribution in [0.5, 0.6) is 5.75 Å². The van der Waals surface area contributed by atoms with Gasteiger partial charge >= 0.3 is 0 Å². The third-order valence-corrected chi connectivity index (χ3v) is 5.13. The lowest BCUT2D eigenvalue weighted by molar-refractivity contribution is -0.122. The lowest BCUT2D eigenvalue weighted by Crippen LogP contribution is -2.29. The second kappa shape index (κ2) is 10.2. The number of carbonyl (C=O) groups excluding carboxylic acids is 1. The molecule has 0 aliphatic rings. The third kappa shape index (κ3) is 5.76. The van der Waals surface area contributed by atoms with Gasteiger partial charge in [-0.15, -0.1) is 0 Å². The van der Waals surface area contributed by atoms with Crippen LogP contribution < -0.4 is 10.1 Å². The predicted octanol–water partition coefficient (Wildman–Crippen LogP) is 4.64. The minimum absolute atomic E-state index is 0.0272. The van der Waals surface area contributed by atoms with Crippen molar-refractivity contribution in [3.63, 3.8) is 0 Å². The molecule has 1 heterocycles. The lowest BCUT2D eigenvalue weighted by atomic mass is 10.2. The van der Waals surface area contributed by atoms with Crippen molar-refractivity contribution in [3.05, 3.63) is 59.9 Å². The summed E-state index contributed by atoms with van der Waals surface area (Å²) in [5.74, 6) is 2.65. The number of fused-ring (bicyclic) bond motifs is 1. The molecule has 28 heavy (non-hydrogen) atoms. The summed E-state index contributed by atoms with van der Waals surface area (Å²) in [6.45, 7) is 2.56. The Morgan fingerprint density at radius 1 is 1.25 bits per heavy atom. The molecule has 3 aromatic rings. The first-order chi connectivity index (χ1) is 13.7. The molecule has 0 fully saturated rings. The van der Waals surface area contributed by atoms with E-state index in [1.165, 1.54) is 0 Å². The van der Waals surface area contributed by atoms with Crippen LogP contribution in [0.1, 0.15) is 36.7 Å². The maximum atomic E-state index is 12.5. The predicted molar refractivity (Wildman–Crippen MR) is 116 cm³/mol. The Bertz CT molecular complexity index is 876. The standard InChI is InChI=1S/C22H27N3O2S/c1-16-7-5-8-17(15-16)27-13-6-11-21(26)23-20(12-14-28-2)22-24-18-9-3-4-10-19(18)25-22/h3-5,7-10,15,20H,6,11-14H2,1-2H3,(H,23,26)(H,24,25). The number of thioether (sulfide) groups is 1. The Morgan fingerprint density at radius 3 is 2.89 bits per heavy atom. The largest absolute Gasteiger partial charge is 0.494 e. The molecule has 1 amide bonds. The summed E-state index contributed by atoms with van der Waals surface area (Å²) in [7, 11) is 0. The van der Waals surface area contributed by atoms with Crippen LogP contribution in [0.25, 0.3) is 11.0 Å². The van der Waals surface area contributed by atoms with E-state index in [0.717, 1.165) is 40.3 Å². The van der Waals surface area contributed by atoms with Crippen LogP contribution in [0.15, 0.2) is 48.5 Å². The van der Waals surface area contributed by atoms with Crippen LogP contribution in [0, 0.1) is 6.92 Å². The molecule has 5 nitrogen and oxygen atoms in total. The molecule has 0 radical (unpaired) electrons. The molecule has 148 valence electrons. The molecule has 0 aliphatic heterocycles. The number of ether oxygens (including phenoxy) is 1. The van der Waals surface area contributed by atoms with Crippen LogP contribution in [0.4, 0.5) is 0 Å². The van der Waals surface area contributed by atoms with E-state index < -0.39 is 0 Å². The molecule has 0 bridgehead atoms. The van der Waals surface area contributed by atoms with Crippen LogP contribution >= 0.6 is 11.8 Å². The second-order valence-electron chi connectivity index (χ2n) is 6.81. The maximum Gasteiger partial charge on any atom is 0.220 e. The number of rotatable bonds is 10. The molecule has 0 aliphatic carbocycles. The quantitative estimate of drug-likeness (QED) is 0.489. The fourth-order valence-electron chi connectivity index (χ4n) is 3.04. The number of aryl methyl sites for hydroxylation is 1. The van der Waals surface area contributed by atoms with Crippen LogP contribution in [0.3, 0.4) is 0 Å². The molecule has 1 aromatic heterocycles. The normalized spacial score (nSPS) is 12.1. The molecule has 0 spiro atoms. The highest BCUT2D eigenvalue weighted by atomic mass is 32.2. The zero-order valence-corrected chi connectivity index (χ0v) is 17.2. The van der Waals surface area contributed by atoms with Crippen molar-refractivity contribution in [2.45, 2.75) is 32.2 Å². The summed E-state index contributed by atoms with van der Waals surface area (Å²) in [5.41, 5.74) is 3.08. The molecule has 0 saturated heterocycles. The zero-order chi connectivity index (χ0) is 19.8. The Morgan fingerprint density at radius 2 is 2.11 bits per heavy atom. The first-order valence-electron chi connectivity index (χ1n) is 9.58. The molecular formula is C22H27N3O2S. The van der Waals surface area contributed by atoms with Gasteiger partial charge in [0.2, 0.25) is 5.91 Å². The Kier molecular flexibility index (Phi) is 7.37. The van der Waals surface area contributed by atoms with Gasteiger partial charge in [-0.2, -0.15) is 11.8 Å². The topological polar surface area (TPSA) is 67.0 Å². The van der Waals surface area contributed by atoms with Crippen molar-refractivity contribution in [2.75, 3.05) is 18.6 Å². The Balaban J connectivity index is 1.52. The first kappa shape index (κ1) is 20.3. The summed E-state index contributed by atoms with van der Waals surface area (Å²) in [5, 5.41) is 3.14. The van der Waals surface area contributed by atoms with Crippen molar-refractivity contribution in [3.8, 4) is 5.75 Å². The first-order valence-corrected chi connectivity index (χ1v) is 11.0. The van der Waals surface area contributed by atoms with E-state index in [9.17, 15) is 4.79 Å². The summed E-state index contributed by atoms with van der Waals surface area (Å²) in [6, 6.07) is 15.8. The minimum atomic E-state index is -0.106. The Labute approximate surface area is 170 Å². The molecule has 1 atom stereocenters. The van der Waals surface area contributed by atoms with Crippen molar-refractivity contribution in [1.29, 1.82) is 0 Å². The van der Waals surface area contributed by atoms with Gasteiger partial charge in [-0.1, -0.05) is 24.3 Å². The molecule has 0 saturated carbocycles. The van der Waals surface area contributed by atoms with Gasteiger partial charge in [0, 0.05) is 6.42 Å². The maximum absolute atomic E-state index is 12.5. The van der Waals surface area contributed by atoms with Crippen molar-refractivity contribution < 1.29 is 9.53 Å². The summed E-state index contributed by atoms with van der Waals surface area (Å²) < 4.78 is 5.73. The number of hydrogen-bond acceptors (Lipinski definition) is 4. The number of aromatic amines is 1. The molecule has 2 aromatic carbocycles. The van der Waals surface area contributed by atoms with E-state index >= 15 is 0 Å². The van der Waals surface area contributed by atoms with Gasteiger partial charge < -0.3 is 15.0 Å². The highest BCUT2D eigenvalue weighted by Crippen LogP contribution is 2.20. The number of amides is 1. The van der Waals surface area contributed by atoms with Crippen LogP contribution in [-0.4, -0.2) is 34.5 Å². The number of benzene rings is 2. The molecular weight excluding hydrogens is 370 g/mol. The number of para-hydroxylation sites is 2. The van der Waals surface area contributed by atoms with Crippen molar-refractivity contribution >= 4 is 28.7 Å². The fraction of sp³-hybridized carbons (Fsp3) is 0.364. The highest BCUT2D eigenvalue weighted by Gasteiger charge is 2.18. The number of hydrogen-bond donors (Lipinski definition) is 2. The monoisotopic (exact) mass is 397 g/mol. The Hall–Kier alpha value is -2.47. The van der Waals surface area contributed by atoms with Crippen molar-refractivity contribution in [1.82, 2.24) is 15.3 Å². The van der Waals surface area contributed by atoms with Gasteiger partial charge in [0.25, 0.3) is 0 Å². The van der Waals surface area contributed by atoms with E-state index in [4.69, 9.17) is 4.74 Å². The van der Waals surface area contributed by atoms with Gasteiger partial charge in [-0.05, 0) is 61.6 Å². The van der Waals surface area contributed by atoms with E-state index in [1.54, 1.807) is 11.8 Å². The van der Waals surface area contributed by atoms with Crippen molar-refractivity contribution in [2.24, 2.45) is 0 Å². The number of imidazole rings is 1. The number of aromatic nitrogens is 2. The fourth-order valence-corrected chi connectivity index (χ4v) is 3.52. The summed E-state index contributed by atoms with van der Waals surface area (Å²) in [6.07, 6.45) is 4.02. The average Bonchev–Trinajstić information content (AvgIpc) is 3.12. The molecule has 3 rings (SSSR count). The van der Waals surface area contributed by atoms with E-state index in [0.29, 0.717) is 19.4 Å². The molecule has 1 unspecified atom stereocenters. The van der Waals surface area contributed by atoms with Gasteiger partial charge in [0.1, 0.15) is 11.6 Å². The summed E-state index contributed by atoms with van der Waals surface area (Å²) >= 11 is 1.77. The third-order valence-electron chi connectivity index (χ3n) is 4.49.